The van der Waals surface area contributed by atoms with Crippen LogP contribution >= 0.6 is 0 Å². The van der Waals surface area contributed by atoms with Gasteiger partial charge in [0.15, 0.2) is 15.7 Å². The smallest absolute Gasteiger partial charge is 0.165 e. The van der Waals surface area contributed by atoms with Gasteiger partial charge in [0.1, 0.15) is 0 Å². The predicted molar refractivity (Wildman–Crippen MR) is 58.0 cm³/mol. The molecule has 0 aliphatic heterocycles. The molecule has 0 radical (unpaired) electrons. The van der Waals surface area contributed by atoms with Gasteiger partial charge in [-0.1, -0.05) is 5.21 Å². The van der Waals surface area contributed by atoms with Gasteiger partial charge in [0.05, 0.1) is 17.2 Å². The van der Waals surface area contributed by atoms with Crippen molar-refractivity contribution < 1.29 is 8.42 Å². The molecule has 0 unspecified atom stereocenters. The van der Waals surface area contributed by atoms with Gasteiger partial charge in [-0.15, -0.1) is 5.10 Å². The van der Waals surface area contributed by atoms with Crippen LogP contribution in [0.5, 0.6) is 0 Å². The van der Waals surface area contributed by atoms with E-state index in [-0.39, 0.29) is 11.0 Å². The lowest BCUT2D eigenvalue weighted by atomic mass is 10.5. The number of anilines is 1. The van der Waals surface area contributed by atoms with Crippen LogP contribution in [0.1, 0.15) is 20.3 Å². The second-order valence-electron chi connectivity index (χ2n) is 3.68. The molecule has 6 nitrogen and oxygen atoms in total. The quantitative estimate of drug-likeness (QED) is 0.776. The van der Waals surface area contributed by atoms with Gasteiger partial charge in [-0.2, -0.15) is 0 Å². The number of hydrogen-bond donors (Lipinski definition) is 1. The fraction of sp³-hybridized carbons (Fsp3) is 0.750. The van der Waals surface area contributed by atoms with Crippen molar-refractivity contribution in [2.75, 3.05) is 11.5 Å². The maximum Gasteiger partial charge on any atom is 0.165 e. The number of nitrogens with two attached hydrogens (primary N) is 1. The van der Waals surface area contributed by atoms with Crippen molar-refractivity contribution in [3.8, 4) is 0 Å². The van der Waals surface area contributed by atoms with Gasteiger partial charge in [-0.25, -0.2) is 8.42 Å². The lowest BCUT2D eigenvalue weighted by Gasteiger charge is -2.06. The monoisotopic (exact) mass is 232 g/mol. The Kier molecular flexibility index (Phi) is 3.67. The first-order chi connectivity index (χ1) is 6.92. The van der Waals surface area contributed by atoms with E-state index in [9.17, 15) is 8.42 Å². The molecule has 0 atom stereocenters. The molecule has 0 amide bonds. The maximum absolute atomic E-state index is 11.5. The average Bonchev–Trinajstić information content (AvgIpc) is 2.51. The highest BCUT2D eigenvalue weighted by Crippen LogP contribution is 2.04. The summed E-state index contributed by atoms with van der Waals surface area (Å²) in [5.74, 6) is 0.520. The number of nitrogen functional groups attached to an aromatic ring is 1. The van der Waals surface area contributed by atoms with E-state index in [0.717, 1.165) is 0 Å². The Bertz CT molecular complexity index is 410. The molecule has 0 saturated heterocycles. The Morgan fingerprint density at radius 2 is 2.20 bits per heavy atom. The van der Waals surface area contributed by atoms with Crippen LogP contribution in [0.2, 0.25) is 0 Å². The average molecular weight is 232 g/mol. The maximum atomic E-state index is 11.5. The first-order valence-electron chi connectivity index (χ1n) is 4.79. The topological polar surface area (TPSA) is 90.9 Å². The fourth-order valence-electron chi connectivity index (χ4n) is 1.09. The molecular weight excluding hydrogens is 216 g/mol. The van der Waals surface area contributed by atoms with Crippen LogP contribution in [0.4, 0.5) is 5.82 Å². The summed E-state index contributed by atoms with van der Waals surface area (Å²) < 4.78 is 24.5. The molecule has 0 saturated carbocycles. The van der Waals surface area contributed by atoms with Crippen molar-refractivity contribution in [1.82, 2.24) is 15.0 Å². The first kappa shape index (κ1) is 12.0. The van der Waals surface area contributed by atoms with E-state index in [0.29, 0.717) is 18.8 Å². The van der Waals surface area contributed by atoms with Gasteiger partial charge in [0, 0.05) is 6.54 Å². The molecule has 1 aromatic rings. The fourth-order valence-corrected chi connectivity index (χ4v) is 2.09. The Balaban J connectivity index is 2.40. The minimum Gasteiger partial charge on any atom is -0.381 e. The Morgan fingerprint density at radius 3 is 2.67 bits per heavy atom. The molecule has 86 valence electrons. The van der Waals surface area contributed by atoms with Crippen molar-refractivity contribution in [3.63, 3.8) is 0 Å². The molecule has 1 rings (SSSR count). The van der Waals surface area contributed by atoms with Crippen LogP contribution in [-0.2, 0) is 16.4 Å². The van der Waals surface area contributed by atoms with Gasteiger partial charge in [-0.3, -0.25) is 4.68 Å². The summed E-state index contributed by atoms with van der Waals surface area (Å²) in [6, 6.07) is 0. The number of nitrogens with zero attached hydrogens (tertiary/aromatic N) is 3. The summed E-state index contributed by atoms with van der Waals surface area (Å²) in [7, 11) is -2.95. The molecule has 0 aromatic carbocycles. The molecule has 0 aliphatic rings. The molecule has 0 aliphatic carbocycles. The van der Waals surface area contributed by atoms with E-state index in [1.165, 1.54) is 0 Å². The third kappa shape index (κ3) is 3.50. The molecule has 1 aromatic heterocycles. The van der Waals surface area contributed by atoms with Crippen molar-refractivity contribution in [3.05, 3.63) is 6.20 Å². The van der Waals surface area contributed by atoms with Gasteiger partial charge in [0.25, 0.3) is 0 Å². The number of aryl methyl sites for hydroxylation is 1. The normalized spacial score (nSPS) is 12.2. The summed E-state index contributed by atoms with van der Waals surface area (Å²) >= 11 is 0. The molecule has 2 N–H and O–H groups in total. The standard InChI is InChI=1S/C8H16N4O2S/c1-7(2)15(13,14)5-3-4-12-6-8(9)10-11-12/h6-7H,3-5,9H2,1-2H3. The van der Waals surface area contributed by atoms with E-state index in [2.05, 4.69) is 10.3 Å². The highest BCUT2D eigenvalue weighted by Gasteiger charge is 2.15. The zero-order valence-electron chi connectivity index (χ0n) is 8.92. The Labute approximate surface area is 89.4 Å². The molecule has 15 heavy (non-hydrogen) atoms. The summed E-state index contributed by atoms with van der Waals surface area (Å²) in [5.41, 5.74) is 5.37. The van der Waals surface area contributed by atoms with Crippen molar-refractivity contribution in [2.45, 2.75) is 32.1 Å². The SMILES string of the molecule is CC(C)S(=O)(=O)CCCn1cc(N)nn1. The number of hydrogen-bond acceptors (Lipinski definition) is 5. The molecule has 0 bridgehead atoms. The van der Waals surface area contributed by atoms with Crippen LogP contribution in [0, 0.1) is 0 Å². The molecule has 0 fully saturated rings. The van der Waals surface area contributed by atoms with Gasteiger partial charge in [0.2, 0.25) is 0 Å². The lowest BCUT2D eigenvalue weighted by Crippen LogP contribution is -2.18. The third-order valence-electron chi connectivity index (χ3n) is 2.09. The van der Waals surface area contributed by atoms with E-state index in [4.69, 9.17) is 5.73 Å². The zero-order chi connectivity index (χ0) is 11.5. The second kappa shape index (κ2) is 4.61. The van der Waals surface area contributed by atoms with Gasteiger partial charge >= 0.3 is 0 Å². The molecule has 1 heterocycles. The van der Waals surface area contributed by atoms with Crippen molar-refractivity contribution >= 4 is 15.7 Å². The Hall–Kier alpha value is -1.11. The van der Waals surface area contributed by atoms with Crippen LogP contribution < -0.4 is 5.73 Å². The van der Waals surface area contributed by atoms with E-state index in [1.54, 1.807) is 24.7 Å². The van der Waals surface area contributed by atoms with E-state index in [1.807, 2.05) is 0 Å². The summed E-state index contributed by atoms with van der Waals surface area (Å²) in [4.78, 5) is 0. The predicted octanol–water partition coefficient (Wildman–Crippen LogP) is 0.0736. The minimum atomic E-state index is -2.95. The summed E-state index contributed by atoms with van der Waals surface area (Å²) in [6.07, 6.45) is 2.12. The largest absolute Gasteiger partial charge is 0.381 e. The lowest BCUT2D eigenvalue weighted by molar-refractivity contribution is 0.557. The van der Waals surface area contributed by atoms with Crippen LogP contribution in [0.25, 0.3) is 0 Å². The van der Waals surface area contributed by atoms with Crippen molar-refractivity contribution in [2.24, 2.45) is 0 Å². The van der Waals surface area contributed by atoms with E-state index < -0.39 is 9.84 Å². The molecule has 7 heteroatoms. The minimum absolute atomic E-state index is 0.171. The number of aromatic nitrogens is 3. The first-order valence-corrected chi connectivity index (χ1v) is 6.50. The van der Waals surface area contributed by atoms with E-state index >= 15 is 0 Å². The van der Waals surface area contributed by atoms with Crippen LogP contribution in [0.3, 0.4) is 0 Å². The van der Waals surface area contributed by atoms with Crippen LogP contribution in [-0.4, -0.2) is 34.4 Å². The molecule has 0 spiro atoms. The third-order valence-corrected chi connectivity index (χ3v) is 4.38. The van der Waals surface area contributed by atoms with Gasteiger partial charge < -0.3 is 5.73 Å². The summed E-state index contributed by atoms with van der Waals surface area (Å²) in [5, 5.41) is 7.01. The van der Waals surface area contributed by atoms with Crippen LogP contribution in [0.15, 0.2) is 6.20 Å². The van der Waals surface area contributed by atoms with Gasteiger partial charge in [-0.05, 0) is 20.3 Å². The second-order valence-corrected chi connectivity index (χ2v) is 6.35. The number of sulfone groups is 1. The zero-order valence-corrected chi connectivity index (χ0v) is 9.74. The Morgan fingerprint density at radius 1 is 1.53 bits per heavy atom. The highest BCUT2D eigenvalue weighted by molar-refractivity contribution is 7.91. The highest BCUT2D eigenvalue weighted by atomic mass is 32.2. The van der Waals surface area contributed by atoms with Crippen molar-refractivity contribution in [1.29, 1.82) is 0 Å². The molecular formula is C8H16N4O2S. The number of rotatable bonds is 5. The summed E-state index contributed by atoms with van der Waals surface area (Å²) in [6.45, 7) is 3.89.